The zero-order chi connectivity index (χ0) is 15.4. The Morgan fingerprint density at radius 1 is 0.739 bits per heavy atom. The summed E-state index contributed by atoms with van der Waals surface area (Å²) in [7, 11) is 0. The van der Waals surface area contributed by atoms with Gasteiger partial charge in [-0.15, -0.1) is 0 Å². The highest BCUT2D eigenvalue weighted by Crippen LogP contribution is 2.60. The fraction of sp³-hybridized carbons (Fsp3) is 0.952. The molecule has 0 spiro atoms. The van der Waals surface area contributed by atoms with E-state index in [0.29, 0.717) is 11.9 Å². The molecule has 2 heteroatoms. The highest BCUT2D eigenvalue weighted by atomic mass is 16.2. The van der Waals surface area contributed by atoms with Crippen LogP contribution in [0.25, 0.3) is 0 Å². The van der Waals surface area contributed by atoms with E-state index in [1.54, 1.807) is 0 Å². The maximum atomic E-state index is 13.2. The van der Waals surface area contributed by atoms with E-state index < -0.39 is 0 Å². The molecule has 6 aliphatic carbocycles. The summed E-state index contributed by atoms with van der Waals surface area (Å²) in [5, 5.41) is 3.57. The molecule has 6 fully saturated rings. The summed E-state index contributed by atoms with van der Waals surface area (Å²) < 4.78 is 0. The summed E-state index contributed by atoms with van der Waals surface area (Å²) >= 11 is 0. The summed E-state index contributed by atoms with van der Waals surface area (Å²) in [6.07, 6.45) is 17.6. The van der Waals surface area contributed by atoms with Crippen molar-refractivity contribution in [2.45, 2.75) is 89.5 Å². The number of carbonyl (C=O) groups is 1. The molecule has 0 saturated heterocycles. The van der Waals surface area contributed by atoms with Gasteiger partial charge < -0.3 is 5.32 Å². The van der Waals surface area contributed by atoms with Crippen LogP contribution in [0.3, 0.4) is 0 Å². The second-order valence-electron chi connectivity index (χ2n) is 9.99. The van der Waals surface area contributed by atoms with Crippen LogP contribution in [0, 0.1) is 35.0 Å². The van der Waals surface area contributed by atoms with Crippen molar-refractivity contribution >= 4 is 5.91 Å². The van der Waals surface area contributed by atoms with Crippen molar-refractivity contribution in [3.63, 3.8) is 0 Å². The van der Waals surface area contributed by atoms with Crippen LogP contribution in [0.4, 0.5) is 0 Å². The Kier molecular flexibility index (Phi) is 3.53. The number of nitrogens with one attached hydrogen (secondary N) is 1. The van der Waals surface area contributed by atoms with Gasteiger partial charge in [-0.25, -0.2) is 0 Å². The Hall–Kier alpha value is -0.530. The van der Waals surface area contributed by atoms with Gasteiger partial charge in [0.2, 0.25) is 5.91 Å². The highest BCUT2D eigenvalue weighted by molar-refractivity contribution is 5.83. The molecule has 1 N–H and O–H groups in total. The lowest BCUT2D eigenvalue weighted by Gasteiger charge is -2.56. The predicted molar refractivity (Wildman–Crippen MR) is 91.8 cm³/mol. The van der Waals surface area contributed by atoms with E-state index in [1.165, 1.54) is 83.5 Å². The van der Waals surface area contributed by atoms with Crippen molar-refractivity contribution in [2.75, 3.05) is 0 Å². The lowest BCUT2D eigenvalue weighted by molar-refractivity contribution is -0.147. The predicted octanol–water partition coefficient (Wildman–Crippen LogP) is 4.68. The molecule has 2 nitrogen and oxygen atoms in total. The first-order valence-corrected chi connectivity index (χ1v) is 10.5. The first-order valence-electron chi connectivity index (χ1n) is 10.5. The van der Waals surface area contributed by atoms with Crippen molar-refractivity contribution < 1.29 is 4.79 Å². The first kappa shape index (κ1) is 14.8. The molecule has 128 valence electrons. The summed E-state index contributed by atoms with van der Waals surface area (Å²) in [5.41, 5.74) is 0.0537. The average molecular weight is 316 g/mol. The fourth-order valence-electron chi connectivity index (χ4n) is 7.73. The first-order chi connectivity index (χ1) is 11.2. The van der Waals surface area contributed by atoms with Crippen LogP contribution in [0.5, 0.6) is 0 Å². The van der Waals surface area contributed by atoms with E-state index in [4.69, 9.17) is 0 Å². The van der Waals surface area contributed by atoms with Crippen LogP contribution < -0.4 is 5.32 Å². The molecule has 6 saturated carbocycles. The van der Waals surface area contributed by atoms with Crippen LogP contribution in [0.1, 0.15) is 83.5 Å². The van der Waals surface area contributed by atoms with E-state index >= 15 is 0 Å². The van der Waals surface area contributed by atoms with E-state index in [-0.39, 0.29) is 5.41 Å². The SMILES string of the molecule is O=C(NC1CCC2CCCCC2C1)C12CC3CC(CC(C3)C1)C2. The molecular weight excluding hydrogens is 282 g/mol. The van der Waals surface area contributed by atoms with Gasteiger partial charge in [0.25, 0.3) is 0 Å². The van der Waals surface area contributed by atoms with Gasteiger partial charge in [-0.05, 0) is 87.4 Å². The Morgan fingerprint density at radius 2 is 1.35 bits per heavy atom. The molecule has 0 aromatic rings. The molecule has 6 rings (SSSR count). The quantitative estimate of drug-likeness (QED) is 0.787. The zero-order valence-corrected chi connectivity index (χ0v) is 14.6. The Balaban J connectivity index is 1.25. The topological polar surface area (TPSA) is 29.1 Å². The molecule has 4 bridgehead atoms. The lowest BCUT2D eigenvalue weighted by Crippen LogP contribution is -2.55. The Morgan fingerprint density at radius 3 is 2.00 bits per heavy atom. The molecule has 0 radical (unpaired) electrons. The molecule has 0 heterocycles. The number of hydrogen-bond donors (Lipinski definition) is 1. The molecule has 23 heavy (non-hydrogen) atoms. The Bertz CT molecular complexity index is 449. The van der Waals surface area contributed by atoms with Gasteiger partial charge in [-0.2, -0.15) is 0 Å². The van der Waals surface area contributed by atoms with Gasteiger partial charge in [-0.1, -0.05) is 25.7 Å². The summed E-state index contributed by atoms with van der Waals surface area (Å²) in [4.78, 5) is 13.2. The van der Waals surface area contributed by atoms with Gasteiger partial charge >= 0.3 is 0 Å². The van der Waals surface area contributed by atoms with Gasteiger partial charge in [0.05, 0.1) is 0 Å². The van der Waals surface area contributed by atoms with Crippen molar-refractivity contribution in [3.8, 4) is 0 Å². The smallest absolute Gasteiger partial charge is 0.226 e. The van der Waals surface area contributed by atoms with Crippen molar-refractivity contribution in [3.05, 3.63) is 0 Å². The minimum atomic E-state index is 0.0537. The summed E-state index contributed by atoms with van der Waals surface area (Å²) in [6.45, 7) is 0. The third kappa shape index (κ3) is 2.55. The number of carbonyl (C=O) groups excluding carboxylic acids is 1. The third-order valence-electron chi connectivity index (χ3n) is 8.39. The van der Waals surface area contributed by atoms with Gasteiger partial charge in [0.15, 0.2) is 0 Å². The zero-order valence-electron chi connectivity index (χ0n) is 14.6. The third-order valence-corrected chi connectivity index (χ3v) is 8.39. The van der Waals surface area contributed by atoms with Gasteiger partial charge in [0, 0.05) is 11.5 Å². The van der Waals surface area contributed by atoms with Crippen LogP contribution >= 0.6 is 0 Å². The molecule has 0 aliphatic heterocycles. The fourth-order valence-corrected chi connectivity index (χ4v) is 7.73. The van der Waals surface area contributed by atoms with E-state index in [1.807, 2.05) is 0 Å². The molecule has 0 aromatic heterocycles. The molecule has 0 aromatic carbocycles. The minimum Gasteiger partial charge on any atom is -0.353 e. The lowest BCUT2D eigenvalue weighted by atomic mass is 9.49. The van der Waals surface area contributed by atoms with Crippen molar-refractivity contribution in [1.29, 1.82) is 0 Å². The molecule has 6 aliphatic rings. The van der Waals surface area contributed by atoms with Crippen LogP contribution in [-0.2, 0) is 4.79 Å². The maximum absolute atomic E-state index is 13.2. The number of rotatable bonds is 2. The minimum absolute atomic E-state index is 0.0537. The molecule has 3 atom stereocenters. The van der Waals surface area contributed by atoms with Crippen LogP contribution in [-0.4, -0.2) is 11.9 Å². The normalized spacial score (nSPS) is 51.3. The highest BCUT2D eigenvalue weighted by Gasteiger charge is 2.54. The molecule has 3 unspecified atom stereocenters. The summed E-state index contributed by atoms with van der Waals surface area (Å²) in [5.74, 6) is 5.00. The largest absolute Gasteiger partial charge is 0.353 e. The Labute approximate surface area is 141 Å². The van der Waals surface area contributed by atoms with E-state index in [0.717, 1.165) is 29.6 Å². The van der Waals surface area contributed by atoms with Crippen LogP contribution in [0.15, 0.2) is 0 Å². The second-order valence-corrected chi connectivity index (χ2v) is 9.99. The van der Waals surface area contributed by atoms with Crippen LogP contribution in [0.2, 0.25) is 0 Å². The summed E-state index contributed by atoms with van der Waals surface area (Å²) in [6, 6.07) is 0.495. The monoisotopic (exact) mass is 315 g/mol. The average Bonchev–Trinajstić information content (AvgIpc) is 2.53. The van der Waals surface area contributed by atoms with E-state index in [2.05, 4.69) is 5.32 Å². The van der Waals surface area contributed by atoms with E-state index in [9.17, 15) is 4.79 Å². The number of hydrogen-bond acceptors (Lipinski definition) is 1. The standard InChI is InChI=1S/C21H33NO/c23-20(21-11-14-7-15(12-21)9-16(8-14)13-21)22-19-6-5-17-3-1-2-4-18(17)10-19/h14-19H,1-13H2,(H,22,23). The molecule has 1 amide bonds. The number of amides is 1. The van der Waals surface area contributed by atoms with Gasteiger partial charge in [0.1, 0.15) is 0 Å². The maximum Gasteiger partial charge on any atom is 0.226 e. The molecular formula is C21H33NO. The number of fused-ring (bicyclic) bond motifs is 1. The van der Waals surface area contributed by atoms with Crippen molar-refractivity contribution in [1.82, 2.24) is 5.32 Å². The second kappa shape index (κ2) is 5.49. The van der Waals surface area contributed by atoms with Gasteiger partial charge in [-0.3, -0.25) is 4.79 Å². The van der Waals surface area contributed by atoms with Crippen molar-refractivity contribution in [2.24, 2.45) is 35.0 Å².